The fourth-order valence-electron chi connectivity index (χ4n) is 3.53. The highest BCUT2D eigenvalue weighted by Gasteiger charge is 2.41. The van der Waals surface area contributed by atoms with E-state index in [1.807, 2.05) is 0 Å². The molecule has 6 heteroatoms. The van der Waals surface area contributed by atoms with Crippen LogP contribution in [0.5, 0.6) is 5.75 Å². The van der Waals surface area contributed by atoms with Crippen molar-refractivity contribution in [3.05, 3.63) is 41.5 Å². The second kappa shape index (κ2) is 7.25. The topological polar surface area (TPSA) is 26.3 Å². The van der Waals surface area contributed by atoms with Crippen molar-refractivity contribution in [2.75, 3.05) is 0 Å². The van der Waals surface area contributed by atoms with Crippen molar-refractivity contribution in [1.82, 2.24) is 0 Å². The lowest BCUT2D eigenvalue weighted by molar-refractivity contribution is -0.185. The van der Waals surface area contributed by atoms with E-state index in [9.17, 15) is 22.4 Å². The van der Waals surface area contributed by atoms with Gasteiger partial charge in [0.25, 0.3) is 0 Å². The van der Waals surface area contributed by atoms with Gasteiger partial charge in [-0.1, -0.05) is 18.2 Å². The fourth-order valence-corrected chi connectivity index (χ4v) is 3.53. The summed E-state index contributed by atoms with van der Waals surface area (Å²) in [5.74, 6) is -0.980. The van der Waals surface area contributed by atoms with Gasteiger partial charge in [0.15, 0.2) is 5.78 Å². The van der Waals surface area contributed by atoms with Gasteiger partial charge in [-0.05, 0) is 55.5 Å². The van der Waals surface area contributed by atoms with Crippen LogP contribution in [0, 0.1) is 5.92 Å². The van der Waals surface area contributed by atoms with Crippen LogP contribution >= 0.6 is 0 Å². The van der Waals surface area contributed by atoms with E-state index in [2.05, 4.69) is 0 Å². The number of alkyl halides is 4. The van der Waals surface area contributed by atoms with Gasteiger partial charge in [-0.25, -0.2) is 4.39 Å². The summed E-state index contributed by atoms with van der Waals surface area (Å²) >= 11 is 0. The first kappa shape index (κ1) is 18.7. The van der Waals surface area contributed by atoms with Gasteiger partial charge in [-0.2, -0.15) is 13.2 Å². The third-order valence-corrected chi connectivity index (χ3v) is 5.06. The van der Waals surface area contributed by atoms with Crippen molar-refractivity contribution in [3.63, 3.8) is 0 Å². The number of ketones is 1. The molecule has 3 rings (SSSR count). The van der Waals surface area contributed by atoms with Gasteiger partial charge >= 0.3 is 6.18 Å². The predicted octanol–water partition coefficient (Wildman–Crippen LogP) is 6.01. The Hall–Kier alpha value is -2.11. The van der Waals surface area contributed by atoms with Crippen LogP contribution < -0.4 is 4.74 Å². The van der Waals surface area contributed by atoms with E-state index in [1.165, 1.54) is 6.92 Å². The summed E-state index contributed by atoms with van der Waals surface area (Å²) in [5, 5.41) is 1.39. The number of carbonyl (C=O) groups is 1. The zero-order valence-electron chi connectivity index (χ0n) is 14.4. The summed E-state index contributed by atoms with van der Waals surface area (Å²) in [6, 6.07) is 8.42. The first-order chi connectivity index (χ1) is 12.3. The summed E-state index contributed by atoms with van der Waals surface area (Å²) < 4.78 is 57.8. The molecule has 0 atom stereocenters. The first-order valence-corrected chi connectivity index (χ1v) is 8.65. The number of Topliss-reactive ketones (excluding diaryl/α,β-unsaturated/α-hetero) is 1. The van der Waals surface area contributed by atoms with Crippen LogP contribution in [-0.4, -0.2) is 18.1 Å². The van der Waals surface area contributed by atoms with Gasteiger partial charge in [-0.3, -0.25) is 4.79 Å². The molecule has 2 nitrogen and oxygen atoms in total. The molecule has 2 aromatic carbocycles. The normalized spacial score (nSPS) is 21.0. The lowest BCUT2D eigenvalue weighted by atomic mass is 9.87. The molecule has 26 heavy (non-hydrogen) atoms. The molecule has 1 fully saturated rings. The Kier molecular flexibility index (Phi) is 5.21. The maximum absolute atomic E-state index is 13.7. The number of fused-ring (bicyclic) bond motifs is 1. The van der Waals surface area contributed by atoms with Gasteiger partial charge in [-0.15, -0.1) is 0 Å². The molecule has 0 unspecified atom stereocenters. The average Bonchev–Trinajstić information content (AvgIpc) is 2.60. The van der Waals surface area contributed by atoms with E-state index in [0.717, 1.165) is 5.39 Å². The zero-order valence-corrected chi connectivity index (χ0v) is 14.4. The molecule has 2 aromatic rings. The van der Waals surface area contributed by atoms with E-state index in [-0.39, 0.29) is 24.7 Å². The lowest BCUT2D eigenvalue weighted by Crippen LogP contribution is -2.32. The summed E-state index contributed by atoms with van der Waals surface area (Å²) in [6.07, 6.45) is -3.82. The van der Waals surface area contributed by atoms with Crippen LogP contribution in [0.15, 0.2) is 30.3 Å². The lowest BCUT2D eigenvalue weighted by Gasteiger charge is -2.30. The minimum absolute atomic E-state index is 0.0364. The highest BCUT2D eigenvalue weighted by molar-refractivity contribution is 5.99. The molecule has 0 radical (unpaired) electrons. The van der Waals surface area contributed by atoms with Crippen LogP contribution in [0.25, 0.3) is 10.8 Å². The van der Waals surface area contributed by atoms with Crippen molar-refractivity contribution in [2.45, 2.75) is 51.6 Å². The van der Waals surface area contributed by atoms with Gasteiger partial charge < -0.3 is 4.74 Å². The molecule has 0 aliphatic heterocycles. The SMILES string of the molecule is CC(=O)c1ccc2c(CF)c(OC3CCC(C(F)(F)F)CC3)ccc2c1. The van der Waals surface area contributed by atoms with Crippen molar-refractivity contribution < 1.29 is 27.1 Å². The molecule has 1 aliphatic carbocycles. The summed E-state index contributed by atoms with van der Waals surface area (Å²) in [6.45, 7) is 0.718. The average molecular weight is 368 g/mol. The molecule has 0 heterocycles. The van der Waals surface area contributed by atoms with Gasteiger partial charge in [0.05, 0.1) is 12.0 Å². The number of hydrogen-bond donors (Lipinski definition) is 0. The van der Waals surface area contributed by atoms with E-state index in [0.29, 0.717) is 35.1 Å². The molecule has 0 saturated heterocycles. The number of hydrogen-bond acceptors (Lipinski definition) is 2. The Morgan fingerprint density at radius 1 is 1.12 bits per heavy atom. The van der Waals surface area contributed by atoms with E-state index < -0.39 is 18.8 Å². The summed E-state index contributed by atoms with van der Waals surface area (Å²) in [4.78, 5) is 11.5. The maximum atomic E-state index is 13.7. The molecule has 0 N–H and O–H groups in total. The molecule has 0 aromatic heterocycles. The third kappa shape index (κ3) is 3.84. The summed E-state index contributed by atoms with van der Waals surface area (Å²) in [5.41, 5.74) is 0.914. The molecule has 0 spiro atoms. The molecule has 0 bridgehead atoms. The van der Waals surface area contributed by atoms with Crippen LogP contribution in [0.3, 0.4) is 0 Å². The van der Waals surface area contributed by atoms with Crippen molar-refractivity contribution in [3.8, 4) is 5.75 Å². The van der Waals surface area contributed by atoms with Gasteiger partial charge in [0.2, 0.25) is 0 Å². The molecule has 0 amide bonds. The quantitative estimate of drug-likeness (QED) is 0.488. The predicted molar refractivity (Wildman–Crippen MR) is 91.2 cm³/mol. The van der Waals surface area contributed by atoms with Crippen LogP contribution in [0.1, 0.15) is 48.5 Å². The highest BCUT2D eigenvalue weighted by Crippen LogP contribution is 2.39. The van der Waals surface area contributed by atoms with E-state index in [1.54, 1.807) is 30.3 Å². The number of ether oxygens (including phenoxy) is 1. The molecule has 1 aliphatic rings. The second-order valence-corrected chi connectivity index (χ2v) is 6.80. The summed E-state index contributed by atoms with van der Waals surface area (Å²) in [7, 11) is 0. The second-order valence-electron chi connectivity index (χ2n) is 6.80. The Morgan fingerprint density at radius 3 is 2.38 bits per heavy atom. The standard InChI is InChI=1S/C20H20F4O2/c1-12(25)13-2-8-17-14(10-13)3-9-19(18(17)11-21)26-16-6-4-15(5-7-16)20(22,23)24/h2-3,8-10,15-16H,4-7,11H2,1H3. The first-order valence-electron chi connectivity index (χ1n) is 8.65. The number of carbonyl (C=O) groups excluding carboxylic acids is 1. The smallest absolute Gasteiger partial charge is 0.391 e. The number of benzene rings is 2. The monoisotopic (exact) mass is 368 g/mol. The molecule has 140 valence electrons. The Morgan fingerprint density at radius 2 is 1.81 bits per heavy atom. The van der Waals surface area contributed by atoms with Gasteiger partial charge in [0, 0.05) is 11.1 Å². The van der Waals surface area contributed by atoms with Crippen LogP contribution in [0.2, 0.25) is 0 Å². The van der Waals surface area contributed by atoms with Crippen molar-refractivity contribution in [1.29, 1.82) is 0 Å². The minimum atomic E-state index is -4.16. The van der Waals surface area contributed by atoms with Gasteiger partial charge in [0.1, 0.15) is 12.4 Å². The number of rotatable bonds is 4. The van der Waals surface area contributed by atoms with Crippen LogP contribution in [-0.2, 0) is 6.67 Å². The Bertz CT molecular complexity index is 805. The maximum Gasteiger partial charge on any atom is 0.391 e. The van der Waals surface area contributed by atoms with E-state index >= 15 is 0 Å². The minimum Gasteiger partial charge on any atom is -0.490 e. The zero-order chi connectivity index (χ0) is 18.9. The largest absolute Gasteiger partial charge is 0.490 e. The van der Waals surface area contributed by atoms with Crippen molar-refractivity contribution in [2.24, 2.45) is 5.92 Å². The molecule has 1 saturated carbocycles. The van der Waals surface area contributed by atoms with E-state index in [4.69, 9.17) is 4.74 Å². The molecular weight excluding hydrogens is 348 g/mol. The Balaban J connectivity index is 1.80. The molecular formula is C20H20F4O2. The van der Waals surface area contributed by atoms with Crippen LogP contribution in [0.4, 0.5) is 17.6 Å². The number of halogens is 4. The van der Waals surface area contributed by atoms with Crippen molar-refractivity contribution >= 4 is 16.6 Å². The Labute approximate surface area is 149 Å². The highest BCUT2D eigenvalue weighted by atomic mass is 19.4. The fraction of sp³-hybridized carbons (Fsp3) is 0.450. The third-order valence-electron chi connectivity index (χ3n) is 5.06.